The van der Waals surface area contributed by atoms with Crippen molar-refractivity contribution in [2.45, 2.75) is 12.8 Å². The number of nitrogens with two attached hydrogens (primary N) is 1. The van der Waals surface area contributed by atoms with Gasteiger partial charge in [0.15, 0.2) is 0 Å². The maximum atomic E-state index is 10.3. The Balaban J connectivity index is 1.83. The highest BCUT2D eigenvalue weighted by Gasteiger charge is 2.35. The van der Waals surface area contributed by atoms with E-state index in [-0.39, 0.29) is 0 Å². The first-order valence-electron chi connectivity index (χ1n) is 4.36. The van der Waals surface area contributed by atoms with Gasteiger partial charge in [0.1, 0.15) is 0 Å². The van der Waals surface area contributed by atoms with Crippen molar-refractivity contribution in [1.29, 1.82) is 0 Å². The predicted molar refractivity (Wildman–Crippen MR) is 44.4 cm³/mol. The molecule has 66 valence electrons. The van der Waals surface area contributed by atoms with Crippen LogP contribution in [0.2, 0.25) is 0 Å². The second kappa shape index (κ2) is 2.81. The van der Waals surface area contributed by atoms with Crippen LogP contribution in [0.1, 0.15) is 12.8 Å². The van der Waals surface area contributed by atoms with Crippen molar-refractivity contribution in [1.82, 2.24) is 0 Å². The van der Waals surface area contributed by atoms with Gasteiger partial charge in [-0.1, -0.05) is 12.2 Å². The van der Waals surface area contributed by atoms with E-state index in [4.69, 9.17) is 10.5 Å². The Bertz CT molecular complexity index is 225. The maximum Gasteiger partial charge on any atom is 0.404 e. The fourth-order valence-electron chi connectivity index (χ4n) is 2.28. The summed E-state index contributed by atoms with van der Waals surface area (Å²) >= 11 is 0. The standard InChI is InChI=1S/C9H13NO2/c10-9(11)12-5-8-4-6-1-2-7(8)3-6/h1-2,6-8H,3-5H2,(H2,10,11). The summed E-state index contributed by atoms with van der Waals surface area (Å²) in [5, 5.41) is 0. The average molecular weight is 167 g/mol. The van der Waals surface area contributed by atoms with Crippen molar-refractivity contribution in [3.63, 3.8) is 0 Å². The van der Waals surface area contributed by atoms with Gasteiger partial charge in [0.2, 0.25) is 0 Å². The molecule has 0 saturated heterocycles. The topological polar surface area (TPSA) is 52.3 Å². The Labute approximate surface area is 71.6 Å². The van der Waals surface area contributed by atoms with Crippen molar-refractivity contribution < 1.29 is 9.53 Å². The number of allylic oxidation sites excluding steroid dienone is 2. The minimum atomic E-state index is -0.651. The molecule has 0 aromatic heterocycles. The lowest BCUT2D eigenvalue weighted by molar-refractivity contribution is 0.129. The van der Waals surface area contributed by atoms with Crippen LogP contribution in [0.15, 0.2) is 12.2 Å². The number of fused-ring (bicyclic) bond motifs is 2. The molecule has 1 saturated carbocycles. The molecular weight excluding hydrogens is 154 g/mol. The summed E-state index contributed by atoms with van der Waals surface area (Å²) in [5.74, 6) is 1.89. The third kappa shape index (κ3) is 1.31. The predicted octanol–water partition coefficient (Wildman–Crippen LogP) is 1.29. The molecule has 3 atom stereocenters. The molecule has 2 aliphatic rings. The number of hydrogen-bond donors (Lipinski definition) is 1. The molecule has 0 heterocycles. The zero-order valence-electron chi connectivity index (χ0n) is 6.90. The first-order chi connectivity index (χ1) is 5.75. The number of amides is 1. The summed E-state index contributed by atoms with van der Waals surface area (Å²) < 4.78 is 4.78. The highest BCUT2D eigenvalue weighted by atomic mass is 16.5. The van der Waals surface area contributed by atoms with E-state index in [0.717, 1.165) is 12.3 Å². The Kier molecular flexibility index (Phi) is 1.79. The molecule has 3 nitrogen and oxygen atoms in total. The summed E-state index contributed by atoms with van der Waals surface area (Å²) in [6.07, 6.45) is 6.26. The van der Waals surface area contributed by atoms with E-state index < -0.39 is 6.09 Å². The Morgan fingerprint density at radius 2 is 2.33 bits per heavy atom. The van der Waals surface area contributed by atoms with Gasteiger partial charge in [0.05, 0.1) is 6.61 Å². The summed E-state index contributed by atoms with van der Waals surface area (Å²) in [6, 6.07) is 0. The summed E-state index contributed by atoms with van der Waals surface area (Å²) in [5.41, 5.74) is 4.89. The molecule has 2 N–H and O–H groups in total. The van der Waals surface area contributed by atoms with Gasteiger partial charge in [0, 0.05) is 5.92 Å². The fraction of sp³-hybridized carbons (Fsp3) is 0.667. The summed E-state index contributed by atoms with van der Waals surface area (Å²) in [6.45, 7) is 0.501. The number of rotatable bonds is 2. The molecule has 0 aliphatic heterocycles. The van der Waals surface area contributed by atoms with Gasteiger partial charge in [-0.2, -0.15) is 0 Å². The second-order valence-corrected chi connectivity index (χ2v) is 3.67. The zero-order valence-corrected chi connectivity index (χ0v) is 6.90. The molecule has 0 aromatic rings. The van der Waals surface area contributed by atoms with Crippen LogP contribution in [0.25, 0.3) is 0 Å². The van der Waals surface area contributed by atoms with Crippen LogP contribution >= 0.6 is 0 Å². The van der Waals surface area contributed by atoms with E-state index >= 15 is 0 Å². The Morgan fingerprint density at radius 3 is 2.83 bits per heavy atom. The molecule has 2 bridgehead atoms. The smallest absolute Gasteiger partial charge is 0.404 e. The van der Waals surface area contributed by atoms with Gasteiger partial charge in [-0.3, -0.25) is 0 Å². The number of hydrogen-bond acceptors (Lipinski definition) is 2. The zero-order chi connectivity index (χ0) is 8.55. The number of carbonyl (C=O) groups is 1. The fourth-order valence-corrected chi connectivity index (χ4v) is 2.28. The number of primary amides is 1. The minimum Gasteiger partial charge on any atom is -0.449 e. The third-order valence-electron chi connectivity index (χ3n) is 2.86. The van der Waals surface area contributed by atoms with Crippen LogP contribution in [-0.4, -0.2) is 12.7 Å². The maximum absolute atomic E-state index is 10.3. The molecule has 3 unspecified atom stereocenters. The van der Waals surface area contributed by atoms with E-state index in [1.54, 1.807) is 0 Å². The first kappa shape index (κ1) is 7.65. The highest BCUT2D eigenvalue weighted by molar-refractivity contribution is 5.64. The van der Waals surface area contributed by atoms with E-state index in [1.165, 1.54) is 6.42 Å². The SMILES string of the molecule is NC(=O)OCC1CC2C=CC1C2. The van der Waals surface area contributed by atoms with Gasteiger partial charge in [-0.05, 0) is 24.7 Å². The van der Waals surface area contributed by atoms with Crippen LogP contribution < -0.4 is 5.73 Å². The lowest BCUT2D eigenvalue weighted by Crippen LogP contribution is -2.21. The van der Waals surface area contributed by atoms with Crippen LogP contribution in [0.5, 0.6) is 0 Å². The molecular formula is C9H13NO2. The van der Waals surface area contributed by atoms with Crippen molar-refractivity contribution >= 4 is 6.09 Å². The highest BCUT2D eigenvalue weighted by Crippen LogP contribution is 2.43. The normalized spacial score (nSPS) is 37.2. The minimum absolute atomic E-state index is 0.501. The van der Waals surface area contributed by atoms with Gasteiger partial charge in [-0.15, -0.1) is 0 Å². The second-order valence-electron chi connectivity index (χ2n) is 3.67. The van der Waals surface area contributed by atoms with Crippen LogP contribution in [-0.2, 0) is 4.74 Å². The Hall–Kier alpha value is -0.990. The largest absolute Gasteiger partial charge is 0.449 e. The van der Waals surface area contributed by atoms with Crippen molar-refractivity contribution in [2.24, 2.45) is 23.5 Å². The van der Waals surface area contributed by atoms with E-state index in [2.05, 4.69) is 12.2 Å². The third-order valence-corrected chi connectivity index (χ3v) is 2.86. The van der Waals surface area contributed by atoms with Crippen molar-refractivity contribution in [3.05, 3.63) is 12.2 Å². The molecule has 1 fully saturated rings. The molecule has 0 radical (unpaired) electrons. The monoisotopic (exact) mass is 167 g/mol. The van der Waals surface area contributed by atoms with Crippen LogP contribution in [0.3, 0.4) is 0 Å². The number of ether oxygens (including phenoxy) is 1. The molecule has 3 heteroatoms. The van der Waals surface area contributed by atoms with Gasteiger partial charge < -0.3 is 10.5 Å². The van der Waals surface area contributed by atoms with Crippen LogP contribution in [0, 0.1) is 17.8 Å². The van der Waals surface area contributed by atoms with Gasteiger partial charge >= 0.3 is 6.09 Å². The molecule has 2 aliphatic carbocycles. The Morgan fingerprint density at radius 1 is 1.50 bits per heavy atom. The molecule has 12 heavy (non-hydrogen) atoms. The molecule has 2 rings (SSSR count). The molecule has 0 aromatic carbocycles. The summed E-state index contributed by atoms with van der Waals surface area (Å²) in [4.78, 5) is 10.3. The van der Waals surface area contributed by atoms with Gasteiger partial charge in [0.25, 0.3) is 0 Å². The van der Waals surface area contributed by atoms with E-state index in [0.29, 0.717) is 18.4 Å². The summed E-state index contributed by atoms with van der Waals surface area (Å²) in [7, 11) is 0. The lowest BCUT2D eigenvalue weighted by Gasteiger charge is -2.16. The van der Waals surface area contributed by atoms with E-state index in [9.17, 15) is 4.79 Å². The lowest BCUT2D eigenvalue weighted by atomic mass is 9.95. The van der Waals surface area contributed by atoms with Crippen molar-refractivity contribution in [2.75, 3.05) is 6.61 Å². The quantitative estimate of drug-likeness (QED) is 0.630. The van der Waals surface area contributed by atoms with Crippen molar-refractivity contribution in [3.8, 4) is 0 Å². The molecule has 0 spiro atoms. The molecule has 1 amide bonds. The van der Waals surface area contributed by atoms with Gasteiger partial charge in [-0.25, -0.2) is 4.79 Å². The average Bonchev–Trinajstić information content (AvgIpc) is 2.60. The van der Waals surface area contributed by atoms with E-state index in [1.807, 2.05) is 0 Å². The van der Waals surface area contributed by atoms with Crippen LogP contribution in [0.4, 0.5) is 4.79 Å². The first-order valence-corrected chi connectivity index (χ1v) is 4.36. The number of carbonyl (C=O) groups excluding carboxylic acids is 1.